The molecule has 1 saturated heterocycles. The molecule has 3 fully saturated rings. The van der Waals surface area contributed by atoms with E-state index >= 15 is 0 Å². The molecule has 1 aromatic heterocycles. The predicted octanol–water partition coefficient (Wildman–Crippen LogP) is 4.00. The number of hydrogen-bond donors (Lipinski definition) is 0. The second-order valence-electron chi connectivity index (χ2n) is 8.45. The first-order valence-electron chi connectivity index (χ1n) is 10.7. The number of likely N-dealkylation sites (tertiary alicyclic amines) is 1. The number of benzene rings is 1. The zero-order valence-corrected chi connectivity index (χ0v) is 17.0. The van der Waals surface area contributed by atoms with E-state index in [1.807, 2.05) is 28.8 Å². The van der Waals surface area contributed by atoms with Crippen LogP contribution in [0.5, 0.6) is 0 Å². The normalized spacial score (nSPS) is 24.9. The molecule has 5 nitrogen and oxygen atoms in total. The summed E-state index contributed by atoms with van der Waals surface area (Å²) in [6.07, 6.45) is 9.43. The highest BCUT2D eigenvalue weighted by molar-refractivity contribution is 7.99. The molecule has 6 heteroatoms. The molecule has 0 bridgehead atoms. The lowest BCUT2D eigenvalue weighted by atomic mass is 9.78. The molecule has 2 aliphatic carbocycles. The van der Waals surface area contributed by atoms with Gasteiger partial charge in [0.05, 0.1) is 16.7 Å². The van der Waals surface area contributed by atoms with Crippen LogP contribution in [0.15, 0.2) is 34.2 Å². The molecule has 0 spiro atoms. The van der Waals surface area contributed by atoms with E-state index in [2.05, 4.69) is 4.90 Å². The van der Waals surface area contributed by atoms with E-state index in [0.29, 0.717) is 28.3 Å². The molecule has 148 valence electrons. The summed E-state index contributed by atoms with van der Waals surface area (Å²) >= 11 is 1.45. The van der Waals surface area contributed by atoms with Crippen molar-refractivity contribution in [3.8, 4) is 0 Å². The molecule has 5 rings (SSSR count). The third kappa shape index (κ3) is 3.36. The first-order valence-corrected chi connectivity index (χ1v) is 11.6. The average molecular weight is 398 g/mol. The number of nitrogens with zero attached hydrogens (tertiary/aromatic N) is 3. The van der Waals surface area contributed by atoms with Gasteiger partial charge in [0, 0.05) is 18.6 Å². The Labute approximate surface area is 169 Å². The monoisotopic (exact) mass is 397 g/mol. The van der Waals surface area contributed by atoms with E-state index < -0.39 is 0 Å². The lowest BCUT2D eigenvalue weighted by molar-refractivity contribution is -0.134. The Morgan fingerprint density at radius 1 is 1.07 bits per heavy atom. The van der Waals surface area contributed by atoms with Crippen LogP contribution in [0, 0.1) is 5.92 Å². The van der Waals surface area contributed by atoms with Crippen molar-refractivity contribution in [1.82, 2.24) is 14.5 Å². The smallest absolute Gasteiger partial charge is 0.262 e. The number of aromatic nitrogens is 2. The highest BCUT2D eigenvalue weighted by atomic mass is 32.2. The van der Waals surface area contributed by atoms with Gasteiger partial charge in [-0.2, -0.15) is 0 Å². The fraction of sp³-hybridized carbons (Fsp3) is 0.591. The van der Waals surface area contributed by atoms with Gasteiger partial charge in [-0.3, -0.25) is 14.2 Å². The summed E-state index contributed by atoms with van der Waals surface area (Å²) in [4.78, 5) is 32.9. The van der Waals surface area contributed by atoms with Crippen molar-refractivity contribution >= 4 is 28.6 Å². The highest BCUT2D eigenvalue weighted by Gasteiger charge is 2.36. The summed E-state index contributed by atoms with van der Waals surface area (Å²) in [5.41, 5.74) is 0.762. The maximum absolute atomic E-state index is 13.1. The van der Waals surface area contributed by atoms with E-state index in [9.17, 15) is 9.59 Å². The molecule has 0 unspecified atom stereocenters. The number of thioether (sulfide) groups is 1. The predicted molar refractivity (Wildman–Crippen MR) is 112 cm³/mol. The van der Waals surface area contributed by atoms with Gasteiger partial charge in [0.25, 0.3) is 5.56 Å². The Balaban J connectivity index is 1.37. The minimum atomic E-state index is 0.0355. The van der Waals surface area contributed by atoms with Crippen molar-refractivity contribution in [3.63, 3.8) is 0 Å². The van der Waals surface area contributed by atoms with Crippen molar-refractivity contribution in [2.24, 2.45) is 5.92 Å². The van der Waals surface area contributed by atoms with Crippen LogP contribution in [0.3, 0.4) is 0 Å². The summed E-state index contributed by atoms with van der Waals surface area (Å²) in [6.45, 7) is 0.890. The van der Waals surface area contributed by atoms with Gasteiger partial charge in [0.1, 0.15) is 0 Å². The highest BCUT2D eigenvalue weighted by Crippen LogP contribution is 2.38. The molecular weight excluding hydrogens is 370 g/mol. The lowest BCUT2D eigenvalue weighted by Gasteiger charge is -2.44. The second kappa shape index (κ2) is 7.54. The molecule has 2 atom stereocenters. The van der Waals surface area contributed by atoms with Gasteiger partial charge < -0.3 is 4.90 Å². The standard InChI is InChI=1S/C22H27N3O2S/c26-20(24-13-5-7-15-6-1-4-10-19(15)24)14-28-22-23-18-9-3-2-8-17(18)21(27)25(22)16-11-12-16/h2-3,8-9,15-16,19H,1,4-7,10-14H2/t15-,19+/m1/s1. The minimum Gasteiger partial charge on any atom is -0.339 e. The summed E-state index contributed by atoms with van der Waals surface area (Å²) in [7, 11) is 0. The summed E-state index contributed by atoms with van der Waals surface area (Å²) < 4.78 is 1.83. The number of fused-ring (bicyclic) bond motifs is 2. The van der Waals surface area contributed by atoms with Gasteiger partial charge in [0.2, 0.25) is 5.91 Å². The van der Waals surface area contributed by atoms with Crippen LogP contribution < -0.4 is 5.56 Å². The maximum atomic E-state index is 13.1. The molecule has 1 amide bonds. The van der Waals surface area contributed by atoms with Crippen molar-refractivity contribution in [2.45, 2.75) is 68.6 Å². The molecule has 1 aliphatic heterocycles. The summed E-state index contributed by atoms with van der Waals surface area (Å²) in [5.74, 6) is 1.28. The third-order valence-electron chi connectivity index (χ3n) is 6.58. The van der Waals surface area contributed by atoms with Crippen molar-refractivity contribution in [3.05, 3.63) is 34.6 Å². The minimum absolute atomic E-state index is 0.0355. The molecule has 0 radical (unpaired) electrons. The Kier molecular flexibility index (Phi) is 4.91. The number of carbonyl (C=O) groups is 1. The number of rotatable bonds is 4. The topological polar surface area (TPSA) is 55.2 Å². The van der Waals surface area contributed by atoms with Gasteiger partial charge in [0.15, 0.2) is 5.16 Å². The third-order valence-corrected chi connectivity index (χ3v) is 7.51. The Hall–Kier alpha value is -1.82. The van der Waals surface area contributed by atoms with Gasteiger partial charge >= 0.3 is 0 Å². The van der Waals surface area contributed by atoms with Gasteiger partial charge in [-0.05, 0) is 56.6 Å². The first kappa shape index (κ1) is 18.2. The SMILES string of the molecule is O=C(CSc1nc2ccccc2c(=O)n1C1CC1)N1CCC[C@H]2CCCC[C@@H]21. The van der Waals surface area contributed by atoms with Crippen LogP contribution in [0.2, 0.25) is 0 Å². The average Bonchev–Trinajstić information content (AvgIpc) is 3.56. The number of hydrogen-bond acceptors (Lipinski definition) is 4. The molecule has 1 aromatic carbocycles. The number of piperidine rings is 1. The van der Waals surface area contributed by atoms with Crippen LogP contribution >= 0.6 is 11.8 Å². The first-order chi connectivity index (χ1) is 13.7. The Morgan fingerprint density at radius 2 is 1.86 bits per heavy atom. The summed E-state index contributed by atoms with van der Waals surface area (Å²) in [6, 6.07) is 8.21. The molecular formula is C22H27N3O2S. The van der Waals surface area contributed by atoms with Crippen molar-refractivity contribution in [2.75, 3.05) is 12.3 Å². The zero-order valence-electron chi connectivity index (χ0n) is 16.2. The zero-order chi connectivity index (χ0) is 19.1. The quantitative estimate of drug-likeness (QED) is 0.578. The Bertz CT molecular complexity index is 950. The fourth-order valence-electron chi connectivity index (χ4n) is 5.03. The van der Waals surface area contributed by atoms with E-state index in [4.69, 9.17) is 4.98 Å². The van der Waals surface area contributed by atoms with E-state index in [1.54, 1.807) is 0 Å². The van der Waals surface area contributed by atoms with Crippen molar-refractivity contribution < 1.29 is 4.79 Å². The fourth-order valence-corrected chi connectivity index (χ4v) is 5.98. The molecule has 0 N–H and O–H groups in total. The number of para-hydroxylation sites is 1. The molecule has 2 aromatic rings. The van der Waals surface area contributed by atoms with Gasteiger partial charge in [-0.25, -0.2) is 4.98 Å². The lowest BCUT2D eigenvalue weighted by Crippen LogP contribution is -2.50. The number of carbonyl (C=O) groups excluding carboxylic acids is 1. The van der Waals surface area contributed by atoms with E-state index in [-0.39, 0.29) is 17.5 Å². The van der Waals surface area contributed by atoms with Crippen LogP contribution in [0.1, 0.15) is 57.4 Å². The molecule has 2 saturated carbocycles. The van der Waals surface area contributed by atoms with Crippen LogP contribution in [0.25, 0.3) is 10.9 Å². The van der Waals surface area contributed by atoms with Crippen LogP contribution in [-0.2, 0) is 4.79 Å². The largest absolute Gasteiger partial charge is 0.339 e. The maximum Gasteiger partial charge on any atom is 0.262 e. The van der Waals surface area contributed by atoms with E-state index in [1.165, 1.54) is 37.4 Å². The second-order valence-corrected chi connectivity index (χ2v) is 9.39. The summed E-state index contributed by atoms with van der Waals surface area (Å²) in [5, 5.41) is 1.38. The van der Waals surface area contributed by atoms with E-state index in [0.717, 1.165) is 37.7 Å². The van der Waals surface area contributed by atoms with Crippen LogP contribution in [-0.4, -0.2) is 38.7 Å². The van der Waals surface area contributed by atoms with Crippen molar-refractivity contribution in [1.29, 1.82) is 0 Å². The van der Waals surface area contributed by atoms with Gasteiger partial charge in [-0.1, -0.05) is 36.7 Å². The molecule has 28 heavy (non-hydrogen) atoms. The molecule has 2 heterocycles. The Morgan fingerprint density at radius 3 is 2.71 bits per heavy atom. The molecule has 3 aliphatic rings. The van der Waals surface area contributed by atoms with Gasteiger partial charge in [-0.15, -0.1) is 0 Å². The van der Waals surface area contributed by atoms with Crippen LogP contribution in [0.4, 0.5) is 0 Å². The number of amides is 1.